The Kier molecular flexibility index (Phi) is 3.84. The molecule has 19 heavy (non-hydrogen) atoms. The van der Waals surface area contributed by atoms with Crippen molar-refractivity contribution in [1.29, 1.82) is 0 Å². The molecule has 0 atom stereocenters. The highest BCUT2D eigenvalue weighted by Crippen LogP contribution is 2.25. The highest BCUT2D eigenvalue weighted by atomic mass is 79.9. The number of aromatic nitrogens is 2. The third kappa shape index (κ3) is 2.60. The zero-order valence-corrected chi connectivity index (χ0v) is 11.6. The molecule has 0 saturated carbocycles. The molecule has 7 heteroatoms. The number of esters is 1. The van der Waals surface area contributed by atoms with Crippen molar-refractivity contribution >= 4 is 27.6 Å². The number of nitrogens with two attached hydrogens (primary N) is 1. The quantitative estimate of drug-likeness (QED) is 0.877. The molecule has 0 aliphatic rings. The van der Waals surface area contributed by atoms with Gasteiger partial charge in [0.2, 0.25) is 0 Å². The van der Waals surface area contributed by atoms with Crippen molar-refractivity contribution in [2.24, 2.45) is 0 Å². The molecule has 0 fully saturated rings. The Labute approximate surface area is 117 Å². The van der Waals surface area contributed by atoms with Crippen molar-refractivity contribution in [3.05, 3.63) is 45.9 Å². The van der Waals surface area contributed by atoms with Crippen LogP contribution in [0.1, 0.15) is 16.1 Å². The van der Waals surface area contributed by atoms with Crippen LogP contribution < -0.4 is 5.73 Å². The van der Waals surface area contributed by atoms with Gasteiger partial charge in [-0.1, -0.05) is 18.2 Å². The minimum atomic E-state index is -0.634. The smallest absolute Gasteiger partial charge is 0.360 e. The third-order valence-electron chi connectivity index (χ3n) is 2.58. The molecule has 0 bridgehead atoms. The second-order valence-corrected chi connectivity index (χ2v) is 4.54. The summed E-state index contributed by atoms with van der Waals surface area (Å²) in [4.78, 5) is 11.4. The number of nitrogens with zero attached hydrogens (tertiary/aromatic N) is 2. The van der Waals surface area contributed by atoms with Gasteiger partial charge in [0.15, 0.2) is 5.69 Å². The largest absolute Gasteiger partial charge is 0.464 e. The molecule has 100 valence electrons. The SMILES string of the molecule is COC(=O)c1nn(Cc2ccccc2F)c(Br)c1N. The van der Waals surface area contributed by atoms with Crippen LogP contribution in [-0.4, -0.2) is 22.9 Å². The Hall–Kier alpha value is -1.89. The van der Waals surface area contributed by atoms with Gasteiger partial charge < -0.3 is 10.5 Å². The van der Waals surface area contributed by atoms with Gasteiger partial charge in [0.05, 0.1) is 19.3 Å². The van der Waals surface area contributed by atoms with E-state index in [0.717, 1.165) is 0 Å². The molecule has 0 saturated heterocycles. The Morgan fingerprint density at radius 1 is 1.53 bits per heavy atom. The highest BCUT2D eigenvalue weighted by Gasteiger charge is 2.20. The van der Waals surface area contributed by atoms with Crippen LogP contribution in [0.2, 0.25) is 0 Å². The van der Waals surface area contributed by atoms with E-state index in [0.29, 0.717) is 10.2 Å². The summed E-state index contributed by atoms with van der Waals surface area (Å²) in [6, 6.07) is 6.32. The fourth-order valence-corrected chi connectivity index (χ4v) is 1.99. The molecule has 2 N–H and O–H groups in total. The van der Waals surface area contributed by atoms with Gasteiger partial charge in [-0.25, -0.2) is 9.18 Å². The monoisotopic (exact) mass is 327 g/mol. The number of benzene rings is 1. The van der Waals surface area contributed by atoms with Crippen LogP contribution >= 0.6 is 15.9 Å². The number of halogens is 2. The first-order chi connectivity index (χ1) is 9.04. The van der Waals surface area contributed by atoms with Crippen molar-refractivity contribution in [3.8, 4) is 0 Å². The summed E-state index contributed by atoms with van der Waals surface area (Å²) in [7, 11) is 1.24. The first kappa shape index (κ1) is 13.5. The zero-order valence-electron chi connectivity index (χ0n) is 10.1. The summed E-state index contributed by atoms with van der Waals surface area (Å²) >= 11 is 3.23. The van der Waals surface area contributed by atoms with Crippen LogP contribution in [0, 0.1) is 5.82 Å². The number of hydrogen-bond acceptors (Lipinski definition) is 4. The number of carbonyl (C=O) groups excluding carboxylic acids is 1. The first-order valence-electron chi connectivity index (χ1n) is 5.38. The molecule has 0 amide bonds. The fraction of sp³-hybridized carbons (Fsp3) is 0.167. The molecule has 1 aromatic heterocycles. The second-order valence-electron chi connectivity index (χ2n) is 3.79. The van der Waals surface area contributed by atoms with Gasteiger partial charge in [-0.3, -0.25) is 4.68 Å². The highest BCUT2D eigenvalue weighted by molar-refractivity contribution is 9.10. The predicted molar refractivity (Wildman–Crippen MR) is 71.2 cm³/mol. The first-order valence-corrected chi connectivity index (χ1v) is 6.17. The molecule has 2 aromatic rings. The van der Waals surface area contributed by atoms with E-state index < -0.39 is 5.97 Å². The molecule has 0 unspecified atom stereocenters. The number of rotatable bonds is 3. The number of carbonyl (C=O) groups is 1. The topological polar surface area (TPSA) is 70.1 Å². The summed E-state index contributed by atoms with van der Waals surface area (Å²) in [5.74, 6) is -0.978. The van der Waals surface area contributed by atoms with E-state index in [1.165, 1.54) is 17.9 Å². The molecular formula is C12H11BrFN3O2. The number of ether oxygens (including phenoxy) is 1. The Bertz CT molecular complexity index is 627. The maximum Gasteiger partial charge on any atom is 0.360 e. The predicted octanol–water partition coefficient (Wildman–Crippen LogP) is 2.20. The van der Waals surface area contributed by atoms with E-state index in [4.69, 9.17) is 5.73 Å². The van der Waals surface area contributed by atoms with Gasteiger partial charge in [0.1, 0.15) is 10.4 Å². The Balaban J connectivity index is 2.37. The van der Waals surface area contributed by atoms with Gasteiger partial charge in [0.25, 0.3) is 0 Å². The molecule has 5 nitrogen and oxygen atoms in total. The maximum atomic E-state index is 13.6. The molecule has 0 spiro atoms. The van der Waals surface area contributed by atoms with Crippen LogP contribution in [0.4, 0.5) is 10.1 Å². The van der Waals surface area contributed by atoms with Crippen molar-refractivity contribution in [3.63, 3.8) is 0 Å². The molecule has 0 aliphatic heterocycles. The van der Waals surface area contributed by atoms with Crippen LogP contribution in [0.3, 0.4) is 0 Å². The van der Waals surface area contributed by atoms with Crippen LogP contribution in [0.5, 0.6) is 0 Å². The van der Waals surface area contributed by atoms with Gasteiger partial charge in [-0.15, -0.1) is 0 Å². The van der Waals surface area contributed by atoms with Gasteiger partial charge in [-0.05, 0) is 22.0 Å². The maximum absolute atomic E-state index is 13.6. The summed E-state index contributed by atoms with van der Waals surface area (Å²) in [5.41, 5.74) is 6.37. The van der Waals surface area contributed by atoms with Crippen LogP contribution in [-0.2, 0) is 11.3 Å². The lowest BCUT2D eigenvalue weighted by atomic mass is 10.2. The van der Waals surface area contributed by atoms with Crippen molar-refractivity contribution in [2.75, 3.05) is 12.8 Å². The third-order valence-corrected chi connectivity index (χ3v) is 3.42. The molecule has 1 aromatic carbocycles. The van der Waals surface area contributed by atoms with Gasteiger partial charge in [0, 0.05) is 5.56 Å². The molecule has 0 radical (unpaired) electrons. The van der Waals surface area contributed by atoms with E-state index in [2.05, 4.69) is 25.8 Å². The van der Waals surface area contributed by atoms with E-state index in [-0.39, 0.29) is 23.7 Å². The van der Waals surface area contributed by atoms with E-state index >= 15 is 0 Å². The lowest BCUT2D eigenvalue weighted by Gasteiger charge is -2.04. The number of anilines is 1. The van der Waals surface area contributed by atoms with E-state index in [9.17, 15) is 9.18 Å². The molecule has 2 rings (SSSR count). The summed E-state index contributed by atoms with van der Waals surface area (Å²) < 4.78 is 19.9. The second kappa shape index (κ2) is 5.40. The summed E-state index contributed by atoms with van der Waals surface area (Å²) in [6.45, 7) is 0.161. The number of hydrogen-bond donors (Lipinski definition) is 1. The standard InChI is InChI=1S/C12H11BrFN3O2/c1-19-12(18)10-9(15)11(13)17(16-10)6-7-4-2-3-5-8(7)14/h2-5H,6,15H2,1H3. The number of methoxy groups -OCH3 is 1. The zero-order chi connectivity index (χ0) is 14.0. The van der Waals surface area contributed by atoms with Crippen molar-refractivity contribution < 1.29 is 13.9 Å². The molecule has 0 aliphatic carbocycles. The van der Waals surface area contributed by atoms with Crippen molar-refractivity contribution in [1.82, 2.24) is 9.78 Å². The van der Waals surface area contributed by atoms with E-state index in [1.54, 1.807) is 18.2 Å². The number of nitrogen functional groups attached to an aromatic ring is 1. The minimum absolute atomic E-state index is 0.00529. The normalized spacial score (nSPS) is 10.5. The summed E-state index contributed by atoms with van der Waals surface area (Å²) in [6.07, 6.45) is 0. The van der Waals surface area contributed by atoms with Crippen LogP contribution in [0.25, 0.3) is 0 Å². The minimum Gasteiger partial charge on any atom is -0.464 e. The van der Waals surface area contributed by atoms with Crippen LogP contribution in [0.15, 0.2) is 28.9 Å². The average Bonchev–Trinajstić information content (AvgIpc) is 2.69. The molecular weight excluding hydrogens is 317 g/mol. The van der Waals surface area contributed by atoms with Gasteiger partial charge in [-0.2, -0.15) is 5.10 Å². The Morgan fingerprint density at radius 2 is 2.21 bits per heavy atom. The summed E-state index contributed by atoms with van der Waals surface area (Å²) in [5, 5.41) is 4.02. The Morgan fingerprint density at radius 3 is 2.84 bits per heavy atom. The lowest BCUT2D eigenvalue weighted by molar-refractivity contribution is 0.0594. The fourth-order valence-electron chi connectivity index (χ4n) is 1.60. The molecule has 1 heterocycles. The average molecular weight is 328 g/mol. The lowest BCUT2D eigenvalue weighted by Crippen LogP contribution is -2.07. The van der Waals surface area contributed by atoms with Gasteiger partial charge >= 0.3 is 5.97 Å². The van der Waals surface area contributed by atoms with E-state index in [1.807, 2.05) is 0 Å². The van der Waals surface area contributed by atoms with Crippen molar-refractivity contribution in [2.45, 2.75) is 6.54 Å².